The van der Waals surface area contributed by atoms with Crippen molar-refractivity contribution in [1.82, 2.24) is 0 Å². The monoisotopic (exact) mass is 258 g/mol. The molecule has 1 aromatic rings. The summed E-state index contributed by atoms with van der Waals surface area (Å²) < 4.78 is 5.75. The summed E-state index contributed by atoms with van der Waals surface area (Å²) in [6, 6.07) is 10.8. The smallest absolute Gasteiger partial charge is 0.0844 e. The highest BCUT2D eigenvalue weighted by Gasteiger charge is 2.37. The van der Waals surface area contributed by atoms with Gasteiger partial charge in [0.2, 0.25) is 0 Å². The number of allylic oxidation sites excluding steroid dienone is 2. The Morgan fingerprint density at radius 3 is 2.58 bits per heavy atom. The van der Waals surface area contributed by atoms with E-state index in [0.717, 1.165) is 6.42 Å². The number of ether oxygens (including phenoxy) is 1. The van der Waals surface area contributed by atoms with Gasteiger partial charge in [-0.05, 0) is 43.6 Å². The average molecular weight is 258 g/mol. The summed E-state index contributed by atoms with van der Waals surface area (Å²) in [7, 11) is 0. The van der Waals surface area contributed by atoms with Crippen LogP contribution in [0.25, 0.3) is 0 Å². The third-order valence-electron chi connectivity index (χ3n) is 3.96. The first kappa shape index (κ1) is 14.3. The van der Waals surface area contributed by atoms with E-state index in [1.54, 1.807) is 0 Å². The van der Waals surface area contributed by atoms with E-state index >= 15 is 0 Å². The van der Waals surface area contributed by atoms with Crippen LogP contribution in [0.15, 0.2) is 42.5 Å². The molecule has 1 aliphatic rings. The van der Waals surface area contributed by atoms with Gasteiger partial charge in [-0.1, -0.05) is 56.3 Å². The molecule has 3 atom stereocenters. The molecule has 0 spiro atoms. The predicted octanol–water partition coefficient (Wildman–Crippen LogP) is 5.08. The zero-order valence-corrected chi connectivity index (χ0v) is 12.2. The van der Waals surface area contributed by atoms with Crippen LogP contribution in [0.1, 0.15) is 57.4 Å². The lowest BCUT2D eigenvalue weighted by atomic mass is 9.95. The van der Waals surface area contributed by atoms with E-state index in [1.165, 1.54) is 31.2 Å². The minimum atomic E-state index is 0.529. The predicted molar refractivity (Wildman–Crippen MR) is 81.4 cm³/mol. The molecule has 1 heteroatoms. The Morgan fingerprint density at radius 2 is 1.84 bits per heavy atom. The molecule has 2 rings (SSSR count). The van der Waals surface area contributed by atoms with Crippen LogP contribution in [0, 0.1) is 0 Å². The summed E-state index contributed by atoms with van der Waals surface area (Å²) >= 11 is 0. The first-order chi connectivity index (χ1) is 9.31. The minimum Gasteiger partial charge on any atom is -0.370 e. The summed E-state index contributed by atoms with van der Waals surface area (Å²) in [6.07, 6.45) is 11.5. The Kier molecular flexibility index (Phi) is 5.65. The zero-order chi connectivity index (χ0) is 13.5. The van der Waals surface area contributed by atoms with Crippen LogP contribution in [-0.4, -0.2) is 12.2 Å². The molecule has 1 aliphatic heterocycles. The van der Waals surface area contributed by atoms with Crippen molar-refractivity contribution in [3.05, 3.63) is 48.0 Å². The van der Waals surface area contributed by atoms with Gasteiger partial charge in [-0.3, -0.25) is 0 Å². The first-order valence-electron chi connectivity index (χ1n) is 7.66. The second-order valence-electron chi connectivity index (χ2n) is 5.56. The van der Waals surface area contributed by atoms with Crippen LogP contribution >= 0.6 is 0 Å². The van der Waals surface area contributed by atoms with Crippen molar-refractivity contribution < 1.29 is 4.74 Å². The summed E-state index contributed by atoms with van der Waals surface area (Å²) in [6.45, 7) is 4.49. The fourth-order valence-electron chi connectivity index (χ4n) is 2.59. The number of benzene rings is 1. The Balaban J connectivity index is 1.61. The Labute approximate surface area is 117 Å². The fourth-order valence-corrected chi connectivity index (χ4v) is 2.59. The van der Waals surface area contributed by atoms with Gasteiger partial charge in [0, 0.05) is 0 Å². The number of epoxide rings is 1. The van der Waals surface area contributed by atoms with Gasteiger partial charge in [0.25, 0.3) is 0 Å². The summed E-state index contributed by atoms with van der Waals surface area (Å²) in [4.78, 5) is 0. The van der Waals surface area contributed by atoms with Crippen LogP contribution < -0.4 is 0 Å². The standard InChI is InChI=1S/C18H26O/c1-3-4-5-9-12-17-18(19-17)14-13-15(2)16-10-7-6-8-11-16/h4-8,10-11,15,17-18H,3,9,12-14H2,1-2H3/b5-4+. The molecular weight excluding hydrogens is 232 g/mol. The highest BCUT2D eigenvalue weighted by molar-refractivity contribution is 5.18. The summed E-state index contributed by atoms with van der Waals surface area (Å²) in [5.41, 5.74) is 1.45. The van der Waals surface area contributed by atoms with E-state index in [9.17, 15) is 0 Å². The average Bonchev–Trinajstić information content (AvgIpc) is 3.20. The van der Waals surface area contributed by atoms with Gasteiger partial charge in [0.15, 0.2) is 0 Å². The van der Waals surface area contributed by atoms with Crippen molar-refractivity contribution in [2.75, 3.05) is 0 Å². The van der Waals surface area contributed by atoms with Gasteiger partial charge in [-0.15, -0.1) is 0 Å². The van der Waals surface area contributed by atoms with Crippen molar-refractivity contribution in [3.63, 3.8) is 0 Å². The second-order valence-corrected chi connectivity index (χ2v) is 5.56. The van der Waals surface area contributed by atoms with Gasteiger partial charge in [-0.2, -0.15) is 0 Å². The van der Waals surface area contributed by atoms with Crippen molar-refractivity contribution in [2.45, 2.75) is 64.1 Å². The normalized spacial score (nSPS) is 23.7. The maximum atomic E-state index is 5.75. The Morgan fingerprint density at radius 1 is 1.11 bits per heavy atom. The molecule has 1 nitrogen and oxygen atoms in total. The highest BCUT2D eigenvalue weighted by atomic mass is 16.6. The topological polar surface area (TPSA) is 12.5 Å². The zero-order valence-electron chi connectivity index (χ0n) is 12.2. The number of hydrogen-bond donors (Lipinski definition) is 0. The van der Waals surface area contributed by atoms with Crippen molar-refractivity contribution >= 4 is 0 Å². The molecular formula is C18H26O. The van der Waals surface area contributed by atoms with E-state index < -0.39 is 0 Å². The number of hydrogen-bond acceptors (Lipinski definition) is 1. The number of rotatable bonds is 8. The van der Waals surface area contributed by atoms with E-state index in [1.807, 2.05) is 0 Å². The third kappa shape index (κ3) is 4.83. The Bertz CT molecular complexity index is 382. The maximum absolute atomic E-state index is 5.75. The molecule has 0 saturated carbocycles. The molecule has 0 aromatic heterocycles. The highest BCUT2D eigenvalue weighted by Crippen LogP contribution is 2.33. The maximum Gasteiger partial charge on any atom is 0.0844 e. The van der Waals surface area contributed by atoms with Gasteiger partial charge in [-0.25, -0.2) is 0 Å². The molecule has 1 fully saturated rings. The molecule has 1 aromatic carbocycles. The van der Waals surface area contributed by atoms with E-state index in [2.05, 4.69) is 56.3 Å². The van der Waals surface area contributed by atoms with Crippen molar-refractivity contribution in [2.24, 2.45) is 0 Å². The minimum absolute atomic E-state index is 0.529. The van der Waals surface area contributed by atoms with Crippen LogP contribution in [0.3, 0.4) is 0 Å². The molecule has 0 bridgehead atoms. The van der Waals surface area contributed by atoms with Gasteiger partial charge in [0.05, 0.1) is 12.2 Å². The molecule has 104 valence electrons. The lowest BCUT2D eigenvalue weighted by Crippen LogP contribution is -1.99. The SMILES string of the molecule is CC/C=C/CCC1OC1CCC(C)c1ccccc1. The van der Waals surface area contributed by atoms with Crippen molar-refractivity contribution in [1.29, 1.82) is 0 Å². The van der Waals surface area contributed by atoms with E-state index in [4.69, 9.17) is 4.74 Å². The lowest BCUT2D eigenvalue weighted by Gasteiger charge is -2.10. The summed E-state index contributed by atoms with van der Waals surface area (Å²) in [5.74, 6) is 0.644. The van der Waals surface area contributed by atoms with E-state index in [-0.39, 0.29) is 0 Å². The van der Waals surface area contributed by atoms with Crippen LogP contribution in [0.4, 0.5) is 0 Å². The molecule has 0 radical (unpaired) electrons. The van der Waals surface area contributed by atoms with Gasteiger partial charge in [0.1, 0.15) is 0 Å². The van der Waals surface area contributed by atoms with Gasteiger partial charge < -0.3 is 4.74 Å². The summed E-state index contributed by atoms with van der Waals surface area (Å²) in [5, 5.41) is 0. The van der Waals surface area contributed by atoms with E-state index in [0.29, 0.717) is 18.1 Å². The van der Waals surface area contributed by atoms with Crippen LogP contribution in [-0.2, 0) is 4.74 Å². The molecule has 19 heavy (non-hydrogen) atoms. The molecule has 0 amide bonds. The van der Waals surface area contributed by atoms with Crippen LogP contribution in [0.5, 0.6) is 0 Å². The first-order valence-corrected chi connectivity index (χ1v) is 7.66. The largest absolute Gasteiger partial charge is 0.370 e. The van der Waals surface area contributed by atoms with Crippen molar-refractivity contribution in [3.8, 4) is 0 Å². The second kappa shape index (κ2) is 7.49. The molecule has 1 saturated heterocycles. The lowest BCUT2D eigenvalue weighted by molar-refractivity contribution is 0.351. The van der Waals surface area contributed by atoms with Crippen LogP contribution in [0.2, 0.25) is 0 Å². The Hall–Kier alpha value is -1.08. The molecule has 1 heterocycles. The molecule has 0 N–H and O–H groups in total. The third-order valence-corrected chi connectivity index (χ3v) is 3.96. The quantitative estimate of drug-likeness (QED) is 0.467. The molecule has 3 unspecified atom stereocenters. The fraction of sp³-hybridized carbons (Fsp3) is 0.556. The molecule has 0 aliphatic carbocycles. The van der Waals surface area contributed by atoms with Gasteiger partial charge >= 0.3 is 0 Å².